The van der Waals surface area contributed by atoms with Gasteiger partial charge in [-0.05, 0) is 47.5 Å². The van der Waals surface area contributed by atoms with Crippen LogP contribution in [0, 0.1) is 0 Å². The van der Waals surface area contributed by atoms with E-state index in [-0.39, 0.29) is 5.91 Å². The Bertz CT molecular complexity index is 972. The van der Waals surface area contributed by atoms with Crippen molar-refractivity contribution >= 4 is 12.0 Å². The first-order valence-electron chi connectivity index (χ1n) is 8.73. The summed E-state index contributed by atoms with van der Waals surface area (Å²) in [4.78, 5) is 20.8. The molecule has 0 unspecified atom stereocenters. The van der Waals surface area contributed by atoms with Gasteiger partial charge in [-0.25, -0.2) is 0 Å². The molecule has 0 radical (unpaired) electrons. The highest BCUT2D eigenvalue weighted by Gasteiger charge is 2.07. The Hall–Kier alpha value is -3.67. The Morgan fingerprint density at radius 1 is 1.07 bits per heavy atom. The lowest BCUT2D eigenvalue weighted by atomic mass is 10.1. The van der Waals surface area contributed by atoms with Crippen molar-refractivity contribution in [2.75, 3.05) is 14.2 Å². The second kappa shape index (κ2) is 9.32. The van der Waals surface area contributed by atoms with E-state index in [9.17, 15) is 4.79 Å². The van der Waals surface area contributed by atoms with Crippen molar-refractivity contribution < 1.29 is 14.3 Å². The molecule has 2 heterocycles. The molecule has 0 saturated carbocycles. The second-order valence-electron chi connectivity index (χ2n) is 5.92. The van der Waals surface area contributed by atoms with Gasteiger partial charge in [-0.15, -0.1) is 0 Å². The summed E-state index contributed by atoms with van der Waals surface area (Å²) < 4.78 is 10.5. The van der Waals surface area contributed by atoms with Crippen molar-refractivity contribution in [1.29, 1.82) is 0 Å². The maximum absolute atomic E-state index is 12.2. The molecule has 6 nitrogen and oxygen atoms in total. The average molecular weight is 375 g/mol. The van der Waals surface area contributed by atoms with Crippen LogP contribution in [0.5, 0.6) is 11.5 Å². The van der Waals surface area contributed by atoms with Gasteiger partial charge < -0.3 is 14.8 Å². The van der Waals surface area contributed by atoms with E-state index in [0.717, 1.165) is 22.4 Å². The van der Waals surface area contributed by atoms with Gasteiger partial charge in [0.15, 0.2) is 11.5 Å². The van der Waals surface area contributed by atoms with Crippen LogP contribution in [0.2, 0.25) is 0 Å². The summed E-state index contributed by atoms with van der Waals surface area (Å²) in [5.74, 6) is 1.06. The van der Waals surface area contributed by atoms with E-state index in [0.29, 0.717) is 18.0 Å². The van der Waals surface area contributed by atoms with Crippen LogP contribution in [0.4, 0.5) is 0 Å². The van der Waals surface area contributed by atoms with E-state index in [1.54, 1.807) is 45.0 Å². The SMILES string of the molecule is COc1ccc(/C=C/C(=O)NCc2cccnc2-c2cccnc2)cc1OC. The summed E-state index contributed by atoms with van der Waals surface area (Å²) in [6.07, 6.45) is 8.41. The van der Waals surface area contributed by atoms with Gasteiger partial charge in [0.2, 0.25) is 5.91 Å². The summed E-state index contributed by atoms with van der Waals surface area (Å²) in [6, 6.07) is 13.0. The minimum atomic E-state index is -0.198. The van der Waals surface area contributed by atoms with E-state index in [1.807, 2.05) is 36.4 Å². The number of carbonyl (C=O) groups is 1. The van der Waals surface area contributed by atoms with Crippen LogP contribution >= 0.6 is 0 Å². The zero-order chi connectivity index (χ0) is 19.8. The summed E-state index contributed by atoms with van der Waals surface area (Å²) >= 11 is 0. The Labute approximate surface area is 163 Å². The van der Waals surface area contributed by atoms with Gasteiger partial charge in [-0.2, -0.15) is 0 Å². The third kappa shape index (κ3) is 4.73. The van der Waals surface area contributed by atoms with Crippen molar-refractivity contribution in [3.05, 3.63) is 78.3 Å². The highest BCUT2D eigenvalue weighted by Crippen LogP contribution is 2.28. The molecule has 0 aliphatic heterocycles. The lowest BCUT2D eigenvalue weighted by molar-refractivity contribution is -0.116. The number of hydrogen-bond donors (Lipinski definition) is 1. The Balaban J connectivity index is 1.66. The molecule has 142 valence electrons. The van der Waals surface area contributed by atoms with Gasteiger partial charge >= 0.3 is 0 Å². The maximum atomic E-state index is 12.2. The molecule has 0 fully saturated rings. The van der Waals surface area contributed by atoms with Gasteiger partial charge in [0.25, 0.3) is 0 Å². The molecular formula is C22H21N3O3. The number of aromatic nitrogens is 2. The molecule has 1 amide bonds. The molecule has 3 rings (SSSR count). The first kappa shape index (κ1) is 19.1. The third-order valence-corrected chi connectivity index (χ3v) is 4.11. The zero-order valence-corrected chi connectivity index (χ0v) is 15.8. The van der Waals surface area contributed by atoms with Crippen LogP contribution in [0.3, 0.4) is 0 Å². The molecule has 1 aromatic carbocycles. The van der Waals surface area contributed by atoms with E-state index in [1.165, 1.54) is 6.08 Å². The van der Waals surface area contributed by atoms with E-state index in [2.05, 4.69) is 15.3 Å². The smallest absolute Gasteiger partial charge is 0.244 e. The van der Waals surface area contributed by atoms with Crippen LogP contribution in [0.25, 0.3) is 17.3 Å². The molecule has 0 atom stereocenters. The molecule has 0 spiro atoms. The largest absolute Gasteiger partial charge is 0.493 e. The fraction of sp³-hybridized carbons (Fsp3) is 0.136. The van der Waals surface area contributed by atoms with E-state index >= 15 is 0 Å². The first-order valence-corrected chi connectivity index (χ1v) is 8.73. The van der Waals surface area contributed by atoms with Crippen molar-refractivity contribution in [2.45, 2.75) is 6.54 Å². The molecule has 0 aliphatic rings. The standard InChI is InChI=1S/C22H21N3O3/c1-27-19-9-7-16(13-20(19)28-2)8-10-21(26)25-15-18-6-4-12-24-22(18)17-5-3-11-23-14-17/h3-14H,15H2,1-2H3,(H,25,26)/b10-8+. The number of benzene rings is 1. The summed E-state index contributed by atoms with van der Waals surface area (Å²) in [6.45, 7) is 0.368. The fourth-order valence-electron chi connectivity index (χ4n) is 2.71. The Morgan fingerprint density at radius 2 is 1.89 bits per heavy atom. The maximum Gasteiger partial charge on any atom is 0.244 e. The first-order chi connectivity index (χ1) is 13.7. The van der Waals surface area contributed by atoms with Gasteiger partial charge in [0, 0.05) is 36.8 Å². The normalized spacial score (nSPS) is 10.6. The minimum absolute atomic E-state index is 0.198. The highest BCUT2D eigenvalue weighted by molar-refractivity contribution is 5.91. The number of methoxy groups -OCH3 is 2. The lowest BCUT2D eigenvalue weighted by Gasteiger charge is -2.09. The van der Waals surface area contributed by atoms with Crippen molar-refractivity contribution in [3.8, 4) is 22.8 Å². The third-order valence-electron chi connectivity index (χ3n) is 4.11. The van der Waals surface area contributed by atoms with Crippen molar-refractivity contribution in [2.24, 2.45) is 0 Å². The van der Waals surface area contributed by atoms with E-state index in [4.69, 9.17) is 9.47 Å². The second-order valence-corrected chi connectivity index (χ2v) is 5.92. The van der Waals surface area contributed by atoms with Gasteiger partial charge in [-0.3, -0.25) is 14.8 Å². The van der Waals surface area contributed by atoms with Crippen LogP contribution < -0.4 is 14.8 Å². The molecule has 28 heavy (non-hydrogen) atoms. The van der Waals surface area contributed by atoms with Crippen LogP contribution in [0.1, 0.15) is 11.1 Å². The monoisotopic (exact) mass is 375 g/mol. The summed E-state index contributed by atoms with van der Waals surface area (Å²) in [5, 5.41) is 2.89. The molecular weight excluding hydrogens is 354 g/mol. The Morgan fingerprint density at radius 3 is 2.64 bits per heavy atom. The van der Waals surface area contributed by atoms with Gasteiger partial charge in [0.1, 0.15) is 0 Å². The number of rotatable bonds is 7. The summed E-state index contributed by atoms with van der Waals surface area (Å²) in [5.41, 5.74) is 3.47. The molecule has 0 saturated heterocycles. The molecule has 2 aromatic heterocycles. The van der Waals surface area contributed by atoms with E-state index < -0.39 is 0 Å². The minimum Gasteiger partial charge on any atom is -0.493 e. The predicted octanol–water partition coefficient (Wildman–Crippen LogP) is 3.49. The molecule has 0 bridgehead atoms. The molecule has 6 heteroatoms. The van der Waals surface area contributed by atoms with Gasteiger partial charge in [-0.1, -0.05) is 12.1 Å². The predicted molar refractivity (Wildman–Crippen MR) is 108 cm³/mol. The number of nitrogens with one attached hydrogen (secondary N) is 1. The number of ether oxygens (including phenoxy) is 2. The zero-order valence-electron chi connectivity index (χ0n) is 15.8. The van der Waals surface area contributed by atoms with Crippen molar-refractivity contribution in [1.82, 2.24) is 15.3 Å². The fourth-order valence-corrected chi connectivity index (χ4v) is 2.71. The number of pyridine rings is 2. The number of nitrogens with zero attached hydrogens (tertiary/aromatic N) is 2. The van der Waals surface area contributed by atoms with Crippen molar-refractivity contribution in [3.63, 3.8) is 0 Å². The number of amides is 1. The lowest BCUT2D eigenvalue weighted by Crippen LogP contribution is -2.20. The van der Waals surface area contributed by atoms with Crippen LogP contribution in [-0.2, 0) is 11.3 Å². The van der Waals surface area contributed by atoms with Gasteiger partial charge in [0.05, 0.1) is 19.9 Å². The highest BCUT2D eigenvalue weighted by atomic mass is 16.5. The topological polar surface area (TPSA) is 73.3 Å². The van der Waals surface area contributed by atoms with Crippen LogP contribution in [-0.4, -0.2) is 30.1 Å². The quantitative estimate of drug-likeness (QED) is 0.640. The average Bonchev–Trinajstić information content (AvgIpc) is 2.76. The molecule has 1 N–H and O–H groups in total. The number of carbonyl (C=O) groups excluding carboxylic acids is 1. The molecule has 0 aliphatic carbocycles. The number of hydrogen-bond acceptors (Lipinski definition) is 5. The Kier molecular flexibility index (Phi) is 6.36. The summed E-state index contributed by atoms with van der Waals surface area (Å²) in [7, 11) is 3.16. The molecule has 3 aromatic rings. The van der Waals surface area contributed by atoms with Crippen LogP contribution in [0.15, 0.2) is 67.1 Å².